The predicted molar refractivity (Wildman–Crippen MR) is 286 cm³/mol. The summed E-state index contributed by atoms with van der Waals surface area (Å²) in [5, 5.41) is 12.5. The number of aromatic hydroxyl groups is 1. The molecule has 0 amide bonds. The van der Waals surface area contributed by atoms with Crippen LogP contribution in [-0.4, -0.2) is 19.6 Å². The van der Waals surface area contributed by atoms with Crippen molar-refractivity contribution in [3.05, 3.63) is 167 Å². The van der Waals surface area contributed by atoms with Crippen molar-refractivity contribution in [3.63, 3.8) is 0 Å². The minimum atomic E-state index is -3.82. The molecule has 2 heterocycles. The topological polar surface area (TPSA) is 50.9 Å². The van der Waals surface area contributed by atoms with E-state index in [1.54, 1.807) is 45.9 Å². The van der Waals surface area contributed by atoms with Gasteiger partial charge in [-0.2, -0.15) is 0 Å². The van der Waals surface area contributed by atoms with Gasteiger partial charge in [0.15, 0.2) is 0 Å². The number of fused-ring (bicyclic) bond motifs is 1. The average molecular weight is 901 g/mol. The van der Waals surface area contributed by atoms with Crippen molar-refractivity contribution in [1.82, 2.24) is 14.5 Å². The van der Waals surface area contributed by atoms with E-state index in [-0.39, 0.29) is 27.7 Å². The highest BCUT2D eigenvalue weighted by atomic mass is 16.3. The Morgan fingerprint density at radius 3 is 1.93 bits per heavy atom. The van der Waals surface area contributed by atoms with Crippen molar-refractivity contribution in [3.8, 4) is 67.5 Å². The van der Waals surface area contributed by atoms with Crippen LogP contribution in [0.3, 0.4) is 0 Å². The van der Waals surface area contributed by atoms with Gasteiger partial charge in [0.1, 0.15) is 11.6 Å². The number of phenolic OH excluding ortho intramolecular Hbond substituents is 1. The Bertz CT molecular complexity index is 3720. The first-order chi connectivity index (χ1) is 37.5. The lowest BCUT2D eigenvalue weighted by Gasteiger charge is -2.40. The molecule has 0 atom stereocenters. The first-order valence-corrected chi connectivity index (χ1v) is 22.8. The summed E-state index contributed by atoms with van der Waals surface area (Å²) in [5.41, 5.74) is 3.31. The summed E-state index contributed by atoms with van der Waals surface area (Å²) in [7, 11) is 0. The Morgan fingerprint density at radius 1 is 0.582 bits per heavy atom. The van der Waals surface area contributed by atoms with Gasteiger partial charge in [-0.1, -0.05) is 188 Å². The standard InChI is InChI=1S/C63H71N3O/c1-39(2)44-35-51(40(3)4)58(67)53(36-44)59-65-57-50(22-19-23-56(57)66(59)55-29-28-48(63(14,15)62(11,12)13)38-52(55)42-20-17-16-18-21-42)45-32-46(34-49(33-45)61(8,9)10)54-37-43(30-31-64-54)41-24-26-47(27-25-41)60(5,6)7/h16-40,67H,1-15H3/i5D3,6D3,7D3,24D,25D,26D,27D,39D,40D. The fraction of sp³-hybridized carbons (Fsp3) is 0.333. The highest BCUT2D eigenvalue weighted by Gasteiger charge is 2.35. The maximum atomic E-state index is 12.5. The maximum Gasteiger partial charge on any atom is 0.149 e. The molecule has 344 valence electrons. The Balaban J connectivity index is 1.44. The SMILES string of the molecule is [2H]c1c([2H])c(C(C([2H])([2H])[2H])(C([2H])([2H])[2H])C([2H])([2H])[2H])c([2H])c([2H])c1-c1ccnc(-c2cc(-c3cccc4c3nc(-c3cc(C([2H])(C)C)cc(C([2H])(C)C)c3O)n4-c3ccc(C(C)(C)C(C)(C)C)cc3-c3ccccc3)cc(C(C)(C)C)c2)c1. The second-order valence-electron chi connectivity index (χ2n) is 20.8. The molecule has 0 saturated carbocycles. The minimum Gasteiger partial charge on any atom is -0.507 e. The molecular weight excluding hydrogens is 815 g/mol. The number of para-hydroxylation sites is 1. The number of nitrogens with zero attached hydrogens (tertiary/aromatic N) is 3. The van der Waals surface area contributed by atoms with E-state index in [4.69, 9.17) is 25.0 Å². The Morgan fingerprint density at radius 2 is 1.28 bits per heavy atom. The van der Waals surface area contributed by atoms with Gasteiger partial charge < -0.3 is 5.11 Å². The summed E-state index contributed by atoms with van der Waals surface area (Å²) in [6.45, 7) is 12.8. The molecule has 4 heteroatoms. The van der Waals surface area contributed by atoms with Crippen LogP contribution in [0.2, 0.25) is 0 Å². The third-order valence-electron chi connectivity index (χ3n) is 13.5. The molecule has 0 unspecified atom stereocenters. The van der Waals surface area contributed by atoms with Crippen molar-refractivity contribution in [2.45, 2.75) is 132 Å². The van der Waals surface area contributed by atoms with E-state index in [1.807, 2.05) is 53.1 Å². The zero-order chi connectivity index (χ0) is 61.2. The molecule has 0 bridgehead atoms. The molecule has 0 saturated heterocycles. The van der Waals surface area contributed by atoms with Crippen LogP contribution < -0.4 is 0 Å². The molecule has 6 aromatic carbocycles. The van der Waals surface area contributed by atoms with Crippen LogP contribution in [0, 0.1) is 5.41 Å². The van der Waals surface area contributed by atoms with E-state index >= 15 is 0 Å². The molecule has 0 spiro atoms. The van der Waals surface area contributed by atoms with Crippen LogP contribution in [0.15, 0.2) is 140 Å². The van der Waals surface area contributed by atoms with Crippen molar-refractivity contribution in [1.29, 1.82) is 0 Å². The largest absolute Gasteiger partial charge is 0.507 e. The van der Waals surface area contributed by atoms with Crippen LogP contribution in [-0.2, 0) is 16.2 Å². The van der Waals surface area contributed by atoms with Gasteiger partial charge in [-0.05, 0) is 132 Å². The van der Waals surface area contributed by atoms with Crippen LogP contribution in [0.4, 0.5) is 0 Å². The summed E-state index contributed by atoms with van der Waals surface area (Å²) < 4.78 is 131. The lowest BCUT2D eigenvalue weighted by atomic mass is 9.65. The highest BCUT2D eigenvalue weighted by Crippen LogP contribution is 2.47. The van der Waals surface area contributed by atoms with E-state index in [9.17, 15) is 10.6 Å². The second-order valence-corrected chi connectivity index (χ2v) is 20.8. The van der Waals surface area contributed by atoms with Crippen LogP contribution in [0.1, 0.15) is 164 Å². The average Bonchev–Trinajstić information content (AvgIpc) is 2.77. The summed E-state index contributed by atoms with van der Waals surface area (Å²) in [4.78, 5) is 10.3. The lowest BCUT2D eigenvalue weighted by molar-refractivity contribution is 0.225. The van der Waals surface area contributed by atoms with Crippen LogP contribution in [0.25, 0.3) is 72.7 Å². The maximum absolute atomic E-state index is 12.5. The van der Waals surface area contributed by atoms with Gasteiger partial charge in [0.05, 0.1) is 33.5 Å². The zero-order valence-electron chi connectivity index (χ0n) is 55.8. The number of benzene rings is 6. The predicted octanol–water partition coefficient (Wildman–Crippen LogP) is 17.6. The lowest BCUT2D eigenvalue weighted by Crippen LogP contribution is -2.34. The van der Waals surface area contributed by atoms with Crippen molar-refractivity contribution in [2.24, 2.45) is 5.41 Å². The molecule has 0 aliphatic heterocycles. The summed E-state index contributed by atoms with van der Waals surface area (Å²) >= 11 is 0. The molecule has 2 aromatic heterocycles. The number of aromatic nitrogens is 3. The van der Waals surface area contributed by atoms with Gasteiger partial charge in [0, 0.05) is 38.0 Å². The molecule has 67 heavy (non-hydrogen) atoms. The minimum absolute atomic E-state index is 0.114. The normalized spacial score (nSPS) is 16.9. The van der Waals surface area contributed by atoms with Gasteiger partial charge in [-0.15, -0.1) is 0 Å². The molecular formula is C63H71N3O. The summed E-state index contributed by atoms with van der Waals surface area (Å²) in [6.07, 6.45) is 1.42. The van der Waals surface area contributed by atoms with Gasteiger partial charge in [0.25, 0.3) is 0 Å². The second kappa shape index (κ2) is 17.4. The van der Waals surface area contributed by atoms with Crippen molar-refractivity contribution < 1.29 is 25.7 Å². The van der Waals surface area contributed by atoms with Gasteiger partial charge >= 0.3 is 0 Å². The van der Waals surface area contributed by atoms with Crippen LogP contribution in [0.5, 0.6) is 5.75 Å². The van der Waals surface area contributed by atoms with Crippen molar-refractivity contribution >= 4 is 11.0 Å². The van der Waals surface area contributed by atoms with Crippen LogP contribution >= 0.6 is 0 Å². The first-order valence-electron chi connectivity index (χ1n) is 30.3. The van der Waals surface area contributed by atoms with E-state index in [0.29, 0.717) is 55.9 Å². The van der Waals surface area contributed by atoms with E-state index in [0.717, 1.165) is 27.9 Å². The number of hydrogen-bond acceptors (Lipinski definition) is 3. The molecule has 0 aliphatic rings. The van der Waals surface area contributed by atoms with Gasteiger partial charge in [-0.25, -0.2) is 4.98 Å². The Labute approximate surface area is 422 Å². The number of phenols is 1. The molecule has 0 radical (unpaired) electrons. The number of imidazole rings is 1. The fourth-order valence-electron chi connectivity index (χ4n) is 8.39. The quantitative estimate of drug-likeness (QED) is 0.157. The smallest absolute Gasteiger partial charge is 0.149 e. The molecule has 8 rings (SSSR count). The molecule has 4 nitrogen and oxygen atoms in total. The molecule has 0 aliphatic carbocycles. The van der Waals surface area contributed by atoms with Gasteiger partial charge in [0.2, 0.25) is 0 Å². The number of hydrogen-bond donors (Lipinski definition) is 1. The van der Waals surface area contributed by atoms with Gasteiger partial charge in [-0.3, -0.25) is 9.55 Å². The summed E-state index contributed by atoms with van der Waals surface area (Å²) in [6, 6.07) is 31.0. The molecule has 1 N–H and O–H groups in total. The summed E-state index contributed by atoms with van der Waals surface area (Å²) in [5.74, 6) is -2.18. The first kappa shape index (κ1) is 31.7. The monoisotopic (exact) mass is 901 g/mol. The number of pyridine rings is 1. The third-order valence-corrected chi connectivity index (χ3v) is 13.5. The Kier molecular flexibility index (Phi) is 8.24. The van der Waals surface area contributed by atoms with E-state index in [1.165, 1.54) is 12.3 Å². The molecule has 0 fully saturated rings. The number of rotatable bonds is 9. The Hall–Kier alpha value is -6.26. The zero-order valence-corrected chi connectivity index (χ0v) is 40.8. The van der Waals surface area contributed by atoms with E-state index in [2.05, 4.69) is 91.8 Å². The fourth-order valence-corrected chi connectivity index (χ4v) is 8.39. The molecule has 8 aromatic rings. The highest BCUT2D eigenvalue weighted by molar-refractivity contribution is 5.98. The van der Waals surface area contributed by atoms with E-state index < -0.39 is 72.9 Å². The third kappa shape index (κ3) is 9.12. The van der Waals surface area contributed by atoms with Crippen molar-refractivity contribution in [2.75, 3.05) is 0 Å².